The number of hydrogen-bond acceptors (Lipinski definition) is 4. The minimum absolute atomic E-state index is 0.287. The van der Waals surface area contributed by atoms with Crippen molar-refractivity contribution < 1.29 is 19.1 Å². The lowest BCUT2D eigenvalue weighted by atomic mass is 9.89. The highest BCUT2D eigenvalue weighted by atomic mass is 35.5. The van der Waals surface area contributed by atoms with Crippen molar-refractivity contribution in [3.05, 3.63) is 71.4 Å². The molecule has 0 saturated carbocycles. The van der Waals surface area contributed by atoms with E-state index in [0.29, 0.717) is 22.1 Å². The van der Waals surface area contributed by atoms with Crippen molar-refractivity contribution >= 4 is 23.6 Å². The summed E-state index contributed by atoms with van der Waals surface area (Å²) in [5.74, 6) is -0.0540. The first-order valence-electron chi connectivity index (χ1n) is 7.85. The number of carbonyl (C=O) groups is 2. The Hall–Kier alpha value is -2.99. The van der Waals surface area contributed by atoms with Crippen LogP contribution in [0.3, 0.4) is 0 Å². The standard InChI is InChI=1S/C19H17ClN2O4/c1-11-16(18(23)25-2)17(22-19(24)21-11)12-4-3-5-15(10-12)26-14-8-6-13(20)7-9-14/h3-10,16-17H,1H2,2H3,(H2,21,22,24)/t16-,17+/m1/s1. The van der Waals surface area contributed by atoms with E-state index in [1.807, 2.05) is 0 Å². The van der Waals surface area contributed by atoms with E-state index in [0.717, 1.165) is 0 Å². The summed E-state index contributed by atoms with van der Waals surface area (Å²) in [4.78, 5) is 24.0. The Morgan fingerprint density at radius 1 is 1.15 bits per heavy atom. The number of hydrogen-bond donors (Lipinski definition) is 2. The number of ether oxygens (including phenoxy) is 2. The minimum atomic E-state index is -0.747. The van der Waals surface area contributed by atoms with Gasteiger partial charge in [0.1, 0.15) is 17.4 Å². The fourth-order valence-electron chi connectivity index (χ4n) is 2.78. The van der Waals surface area contributed by atoms with Crippen molar-refractivity contribution in [1.29, 1.82) is 0 Å². The molecule has 1 heterocycles. The SMILES string of the molecule is C=C1NC(=O)N[C@@H](c2cccc(Oc3ccc(Cl)cc3)c2)[C@@H]1C(=O)OC. The minimum Gasteiger partial charge on any atom is -0.468 e. The number of halogens is 1. The molecule has 0 unspecified atom stereocenters. The van der Waals surface area contributed by atoms with Crippen LogP contribution >= 0.6 is 11.6 Å². The molecule has 2 amide bonds. The molecular weight excluding hydrogens is 356 g/mol. The predicted molar refractivity (Wildman–Crippen MR) is 97.0 cm³/mol. The maximum absolute atomic E-state index is 12.2. The molecule has 6 nitrogen and oxygen atoms in total. The maximum Gasteiger partial charge on any atom is 0.319 e. The van der Waals surface area contributed by atoms with Gasteiger partial charge in [0.2, 0.25) is 0 Å². The second-order valence-electron chi connectivity index (χ2n) is 5.73. The van der Waals surface area contributed by atoms with Crippen LogP contribution in [0, 0.1) is 5.92 Å². The van der Waals surface area contributed by atoms with Crippen LogP contribution in [0.1, 0.15) is 11.6 Å². The highest BCUT2D eigenvalue weighted by molar-refractivity contribution is 6.30. The molecule has 2 aromatic rings. The zero-order chi connectivity index (χ0) is 18.7. The van der Waals surface area contributed by atoms with Crippen LogP contribution in [0.2, 0.25) is 5.02 Å². The zero-order valence-electron chi connectivity index (χ0n) is 14.0. The molecule has 0 aromatic heterocycles. The van der Waals surface area contributed by atoms with Gasteiger partial charge in [0.25, 0.3) is 0 Å². The average Bonchev–Trinajstić information content (AvgIpc) is 2.63. The van der Waals surface area contributed by atoms with E-state index in [1.54, 1.807) is 48.5 Å². The van der Waals surface area contributed by atoms with Gasteiger partial charge in [-0.3, -0.25) is 4.79 Å². The Kier molecular flexibility index (Phi) is 5.14. The summed E-state index contributed by atoms with van der Waals surface area (Å²) in [6, 6.07) is 13.0. The topological polar surface area (TPSA) is 76.7 Å². The third kappa shape index (κ3) is 3.81. The summed E-state index contributed by atoms with van der Waals surface area (Å²) in [7, 11) is 1.29. The Labute approximate surface area is 155 Å². The van der Waals surface area contributed by atoms with Gasteiger partial charge in [-0.1, -0.05) is 30.3 Å². The molecule has 0 bridgehead atoms. The van der Waals surface area contributed by atoms with Crippen molar-refractivity contribution in [2.24, 2.45) is 5.92 Å². The summed E-state index contributed by atoms with van der Waals surface area (Å²) < 4.78 is 10.7. The third-order valence-corrected chi connectivity index (χ3v) is 4.24. The van der Waals surface area contributed by atoms with E-state index in [2.05, 4.69) is 17.2 Å². The number of benzene rings is 2. The monoisotopic (exact) mass is 372 g/mol. The summed E-state index contributed by atoms with van der Waals surface area (Å²) >= 11 is 5.87. The maximum atomic E-state index is 12.2. The van der Waals surface area contributed by atoms with Crippen LogP contribution in [0.25, 0.3) is 0 Å². The number of urea groups is 1. The first-order valence-corrected chi connectivity index (χ1v) is 8.23. The van der Waals surface area contributed by atoms with Crippen molar-refractivity contribution in [3.8, 4) is 11.5 Å². The smallest absolute Gasteiger partial charge is 0.319 e. The van der Waals surface area contributed by atoms with Crippen LogP contribution in [-0.2, 0) is 9.53 Å². The Morgan fingerprint density at radius 3 is 2.58 bits per heavy atom. The Bertz CT molecular complexity index is 851. The summed E-state index contributed by atoms with van der Waals surface area (Å²) in [5.41, 5.74) is 0.984. The molecule has 2 aromatic carbocycles. The van der Waals surface area contributed by atoms with Crippen molar-refractivity contribution in [2.45, 2.75) is 6.04 Å². The van der Waals surface area contributed by atoms with Gasteiger partial charge < -0.3 is 20.1 Å². The summed E-state index contributed by atoms with van der Waals surface area (Å²) in [6.45, 7) is 3.77. The number of esters is 1. The van der Waals surface area contributed by atoms with E-state index in [9.17, 15) is 9.59 Å². The number of amides is 2. The molecule has 7 heteroatoms. The van der Waals surface area contributed by atoms with E-state index in [1.165, 1.54) is 7.11 Å². The Morgan fingerprint density at radius 2 is 1.88 bits per heavy atom. The van der Waals surface area contributed by atoms with Gasteiger partial charge in [-0.05, 0) is 42.0 Å². The molecule has 0 spiro atoms. The molecule has 2 atom stereocenters. The van der Waals surface area contributed by atoms with Gasteiger partial charge in [-0.15, -0.1) is 0 Å². The molecule has 0 radical (unpaired) electrons. The van der Waals surface area contributed by atoms with Crippen LogP contribution < -0.4 is 15.4 Å². The van der Waals surface area contributed by atoms with E-state index in [-0.39, 0.29) is 5.70 Å². The van der Waals surface area contributed by atoms with Gasteiger partial charge in [0.05, 0.1) is 13.2 Å². The number of carbonyl (C=O) groups excluding carboxylic acids is 2. The molecule has 134 valence electrons. The van der Waals surface area contributed by atoms with E-state index in [4.69, 9.17) is 21.1 Å². The zero-order valence-corrected chi connectivity index (χ0v) is 14.7. The van der Waals surface area contributed by atoms with Crippen molar-refractivity contribution in [1.82, 2.24) is 10.6 Å². The largest absolute Gasteiger partial charge is 0.468 e. The second-order valence-corrected chi connectivity index (χ2v) is 6.17. The third-order valence-electron chi connectivity index (χ3n) is 3.99. The normalized spacial score (nSPS) is 19.3. The molecule has 1 saturated heterocycles. The molecule has 1 aliphatic heterocycles. The van der Waals surface area contributed by atoms with Gasteiger partial charge >= 0.3 is 12.0 Å². The van der Waals surface area contributed by atoms with Crippen LogP contribution in [-0.4, -0.2) is 19.1 Å². The molecule has 26 heavy (non-hydrogen) atoms. The molecule has 2 N–H and O–H groups in total. The van der Waals surface area contributed by atoms with Gasteiger partial charge in [-0.2, -0.15) is 0 Å². The van der Waals surface area contributed by atoms with Gasteiger partial charge in [0.15, 0.2) is 0 Å². The highest BCUT2D eigenvalue weighted by Gasteiger charge is 2.38. The summed E-state index contributed by atoms with van der Waals surface area (Å²) in [6.07, 6.45) is 0. The molecule has 1 aliphatic rings. The predicted octanol–water partition coefficient (Wildman–Crippen LogP) is 3.79. The number of rotatable bonds is 4. The Balaban J connectivity index is 1.89. The van der Waals surface area contributed by atoms with Crippen LogP contribution in [0.15, 0.2) is 60.8 Å². The first-order chi connectivity index (χ1) is 12.5. The lowest BCUT2D eigenvalue weighted by Crippen LogP contribution is -2.51. The number of methoxy groups -OCH3 is 1. The average molecular weight is 373 g/mol. The fourth-order valence-corrected chi connectivity index (χ4v) is 2.90. The number of nitrogens with one attached hydrogen (secondary N) is 2. The molecular formula is C19H17ClN2O4. The molecule has 1 fully saturated rings. The molecule has 0 aliphatic carbocycles. The van der Waals surface area contributed by atoms with Crippen molar-refractivity contribution in [3.63, 3.8) is 0 Å². The first kappa shape index (κ1) is 17.8. The molecule has 3 rings (SSSR count). The second kappa shape index (κ2) is 7.49. The van der Waals surface area contributed by atoms with Crippen LogP contribution in [0.5, 0.6) is 11.5 Å². The summed E-state index contributed by atoms with van der Waals surface area (Å²) in [5, 5.41) is 5.87. The van der Waals surface area contributed by atoms with Crippen LogP contribution in [0.4, 0.5) is 4.79 Å². The van der Waals surface area contributed by atoms with Gasteiger partial charge in [0, 0.05) is 10.7 Å². The lowest BCUT2D eigenvalue weighted by Gasteiger charge is -2.33. The van der Waals surface area contributed by atoms with Crippen molar-refractivity contribution in [2.75, 3.05) is 7.11 Å². The quantitative estimate of drug-likeness (QED) is 0.800. The van der Waals surface area contributed by atoms with Gasteiger partial charge in [-0.25, -0.2) is 4.79 Å². The lowest BCUT2D eigenvalue weighted by molar-refractivity contribution is -0.145. The van der Waals surface area contributed by atoms with E-state index < -0.39 is 24.0 Å². The highest BCUT2D eigenvalue weighted by Crippen LogP contribution is 2.33. The van der Waals surface area contributed by atoms with E-state index >= 15 is 0 Å². The fraction of sp³-hybridized carbons (Fsp3) is 0.158.